The minimum absolute atomic E-state index is 0.112. The summed E-state index contributed by atoms with van der Waals surface area (Å²) in [5.74, 6) is -0.185. The molecule has 2 rings (SSSR count). The Balaban J connectivity index is 2.15. The van der Waals surface area contributed by atoms with Gasteiger partial charge in [-0.1, -0.05) is 35.9 Å². The normalized spacial score (nSPS) is 14.1. The molecule has 0 bridgehead atoms. The molecule has 20 heavy (non-hydrogen) atoms. The molecule has 2 atom stereocenters. The van der Waals surface area contributed by atoms with Crippen LogP contribution in [0.15, 0.2) is 42.5 Å². The van der Waals surface area contributed by atoms with Crippen molar-refractivity contribution in [2.45, 2.75) is 39.8 Å². The SMILES string of the molecule is Cc1ccc(C)c(C(C)N[C@H](C)c2cccc(F)c2)c1. The van der Waals surface area contributed by atoms with E-state index in [1.54, 1.807) is 12.1 Å². The van der Waals surface area contributed by atoms with Crippen molar-refractivity contribution in [1.82, 2.24) is 5.32 Å². The first-order valence-corrected chi connectivity index (χ1v) is 7.06. The molecule has 0 aromatic heterocycles. The molecule has 0 saturated carbocycles. The minimum Gasteiger partial charge on any atom is -0.304 e. The second-order valence-corrected chi connectivity index (χ2v) is 5.53. The quantitative estimate of drug-likeness (QED) is 0.837. The lowest BCUT2D eigenvalue weighted by Crippen LogP contribution is -2.23. The third-order valence-corrected chi connectivity index (χ3v) is 3.75. The van der Waals surface area contributed by atoms with Gasteiger partial charge in [-0.05, 0) is 56.5 Å². The van der Waals surface area contributed by atoms with Gasteiger partial charge in [-0.2, -0.15) is 0 Å². The van der Waals surface area contributed by atoms with Crippen LogP contribution in [0.5, 0.6) is 0 Å². The largest absolute Gasteiger partial charge is 0.304 e. The van der Waals surface area contributed by atoms with Gasteiger partial charge in [0.2, 0.25) is 0 Å². The highest BCUT2D eigenvalue weighted by molar-refractivity contribution is 5.33. The predicted molar refractivity (Wildman–Crippen MR) is 82.3 cm³/mol. The van der Waals surface area contributed by atoms with E-state index in [0.29, 0.717) is 0 Å². The molecule has 2 aromatic rings. The molecule has 0 amide bonds. The van der Waals surface area contributed by atoms with Crippen LogP contribution in [0.25, 0.3) is 0 Å². The molecule has 0 aliphatic rings. The third-order valence-electron chi connectivity index (χ3n) is 3.75. The summed E-state index contributed by atoms with van der Waals surface area (Å²) >= 11 is 0. The number of nitrogens with one attached hydrogen (secondary N) is 1. The van der Waals surface area contributed by atoms with Crippen LogP contribution in [0, 0.1) is 19.7 Å². The monoisotopic (exact) mass is 271 g/mol. The van der Waals surface area contributed by atoms with Crippen LogP contribution in [0.3, 0.4) is 0 Å². The number of hydrogen-bond acceptors (Lipinski definition) is 1. The molecule has 0 radical (unpaired) electrons. The summed E-state index contributed by atoms with van der Waals surface area (Å²) in [5, 5.41) is 3.54. The predicted octanol–water partition coefficient (Wildman–Crippen LogP) is 4.85. The van der Waals surface area contributed by atoms with Gasteiger partial charge >= 0.3 is 0 Å². The van der Waals surface area contributed by atoms with Crippen LogP contribution in [-0.4, -0.2) is 0 Å². The Bertz CT molecular complexity index is 592. The third kappa shape index (κ3) is 3.45. The lowest BCUT2D eigenvalue weighted by molar-refractivity contribution is 0.490. The van der Waals surface area contributed by atoms with Gasteiger partial charge in [0.15, 0.2) is 0 Å². The van der Waals surface area contributed by atoms with E-state index in [1.165, 1.54) is 22.8 Å². The van der Waals surface area contributed by atoms with Gasteiger partial charge in [0.1, 0.15) is 5.82 Å². The van der Waals surface area contributed by atoms with E-state index in [2.05, 4.69) is 51.2 Å². The first kappa shape index (κ1) is 14.7. The van der Waals surface area contributed by atoms with Crippen molar-refractivity contribution in [2.24, 2.45) is 0 Å². The maximum Gasteiger partial charge on any atom is 0.123 e. The number of halogens is 1. The summed E-state index contributed by atoms with van der Waals surface area (Å²) in [5.41, 5.74) is 4.81. The summed E-state index contributed by atoms with van der Waals surface area (Å²) in [6.45, 7) is 8.44. The van der Waals surface area contributed by atoms with E-state index >= 15 is 0 Å². The number of hydrogen-bond donors (Lipinski definition) is 1. The summed E-state index contributed by atoms with van der Waals surface area (Å²) in [6.07, 6.45) is 0. The highest BCUT2D eigenvalue weighted by Gasteiger charge is 2.13. The van der Waals surface area contributed by atoms with Crippen molar-refractivity contribution in [1.29, 1.82) is 0 Å². The van der Waals surface area contributed by atoms with E-state index in [-0.39, 0.29) is 17.9 Å². The maximum atomic E-state index is 13.3. The van der Waals surface area contributed by atoms with Gasteiger partial charge in [0, 0.05) is 12.1 Å². The number of rotatable bonds is 4. The molecule has 0 spiro atoms. The molecular weight excluding hydrogens is 249 g/mol. The Kier molecular flexibility index (Phi) is 4.56. The maximum absolute atomic E-state index is 13.3. The fraction of sp³-hybridized carbons (Fsp3) is 0.333. The zero-order valence-electron chi connectivity index (χ0n) is 12.6. The molecule has 0 aliphatic carbocycles. The van der Waals surface area contributed by atoms with Gasteiger partial charge in [-0.15, -0.1) is 0 Å². The van der Waals surface area contributed by atoms with E-state index < -0.39 is 0 Å². The van der Waals surface area contributed by atoms with E-state index in [0.717, 1.165) is 5.56 Å². The number of benzene rings is 2. The molecule has 2 heteroatoms. The van der Waals surface area contributed by atoms with Crippen molar-refractivity contribution in [2.75, 3.05) is 0 Å². The smallest absolute Gasteiger partial charge is 0.123 e. The summed E-state index contributed by atoms with van der Waals surface area (Å²) in [7, 11) is 0. The van der Waals surface area contributed by atoms with Crippen LogP contribution in [0.2, 0.25) is 0 Å². The topological polar surface area (TPSA) is 12.0 Å². The molecule has 1 nitrogen and oxygen atoms in total. The molecule has 1 unspecified atom stereocenters. The van der Waals surface area contributed by atoms with Crippen LogP contribution >= 0.6 is 0 Å². The molecule has 0 saturated heterocycles. The molecule has 106 valence electrons. The molecule has 0 fully saturated rings. The van der Waals surface area contributed by atoms with Gasteiger partial charge in [-0.25, -0.2) is 4.39 Å². The summed E-state index contributed by atoms with van der Waals surface area (Å²) in [6, 6.07) is 13.6. The van der Waals surface area contributed by atoms with Crippen molar-refractivity contribution < 1.29 is 4.39 Å². The fourth-order valence-electron chi connectivity index (χ4n) is 2.56. The van der Waals surface area contributed by atoms with Gasteiger partial charge in [-0.3, -0.25) is 0 Å². The van der Waals surface area contributed by atoms with Gasteiger partial charge in [0.05, 0.1) is 0 Å². The van der Waals surface area contributed by atoms with Crippen molar-refractivity contribution in [3.8, 4) is 0 Å². The average Bonchev–Trinajstić information content (AvgIpc) is 2.41. The second kappa shape index (κ2) is 6.19. The van der Waals surface area contributed by atoms with E-state index in [9.17, 15) is 4.39 Å². The Hall–Kier alpha value is -1.67. The highest BCUT2D eigenvalue weighted by atomic mass is 19.1. The minimum atomic E-state index is -0.185. The zero-order valence-corrected chi connectivity index (χ0v) is 12.6. The summed E-state index contributed by atoms with van der Waals surface area (Å²) < 4.78 is 13.3. The van der Waals surface area contributed by atoms with Crippen LogP contribution in [0.4, 0.5) is 4.39 Å². The van der Waals surface area contributed by atoms with Gasteiger partial charge < -0.3 is 5.32 Å². The van der Waals surface area contributed by atoms with Crippen molar-refractivity contribution in [3.63, 3.8) is 0 Å². The highest BCUT2D eigenvalue weighted by Crippen LogP contribution is 2.23. The Morgan fingerprint density at radius 2 is 1.70 bits per heavy atom. The second-order valence-electron chi connectivity index (χ2n) is 5.53. The van der Waals surface area contributed by atoms with Crippen LogP contribution < -0.4 is 5.32 Å². The molecule has 2 aromatic carbocycles. The molecular formula is C18H22FN. The first-order chi connectivity index (χ1) is 9.47. The standard InChI is InChI=1S/C18H22FN/c1-12-8-9-13(2)18(10-12)15(4)20-14(3)16-6-5-7-17(19)11-16/h5-11,14-15,20H,1-4H3/t14-,15?/m1/s1. The first-order valence-electron chi connectivity index (χ1n) is 7.06. The van der Waals surface area contributed by atoms with Crippen molar-refractivity contribution >= 4 is 0 Å². The Labute approximate surface area is 120 Å². The average molecular weight is 271 g/mol. The molecule has 0 aliphatic heterocycles. The van der Waals surface area contributed by atoms with Crippen LogP contribution in [0.1, 0.15) is 48.2 Å². The van der Waals surface area contributed by atoms with E-state index in [4.69, 9.17) is 0 Å². The lowest BCUT2D eigenvalue weighted by Gasteiger charge is -2.22. The van der Waals surface area contributed by atoms with Gasteiger partial charge in [0.25, 0.3) is 0 Å². The molecule has 1 N–H and O–H groups in total. The lowest BCUT2D eigenvalue weighted by atomic mass is 9.98. The molecule has 0 heterocycles. The fourth-order valence-corrected chi connectivity index (χ4v) is 2.56. The Morgan fingerprint density at radius 3 is 2.40 bits per heavy atom. The number of aryl methyl sites for hydroxylation is 2. The zero-order chi connectivity index (χ0) is 14.7. The van der Waals surface area contributed by atoms with Crippen LogP contribution in [-0.2, 0) is 0 Å². The summed E-state index contributed by atoms with van der Waals surface area (Å²) in [4.78, 5) is 0. The van der Waals surface area contributed by atoms with Crippen molar-refractivity contribution in [3.05, 3.63) is 70.5 Å². The van der Waals surface area contributed by atoms with E-state index in [1.807, 2.05) is 6.07 Å². The Morgan fingerprint density at radius 1 is 0.950 bits per heavy atom.